The molecule has 31 heavy (non-hydrogen) atoms. The van der Waals surface area contributed by atoms with Crippen molar-refractivity contribution in [2.24, 2.45) is 0 Å². The van der Waals surface area contributed by atoms with E-state index in [1.807, 2.05) is 44.2 Å². The zero-order valence-corrected chi connectivity index (χ0v) is 18.0. The van der Waals surface area contributed by atoms with Gasteiger partial charge >= 0.3 is 5.82 Å². The molecule has 4 rings (SSSR count). The SMILES string of the molecule is Cc1ccc(-c2nnc(-c3ccccc3)[n+]([O-])c2CS(=O)(=O)c2ccc(C)cc2)cc1. The van der Waals surface area contributed by atoms with Crippen LogP contribution >= 0.6 is 0 Å². The third kappa shape index (κ3) is 4.32. The van der Waals surface area contributed by atoms with Gasteiger partial charge in [0.25, 0.3) is 0 Å². The second kappa shape index (κ2) is 8.28. The first-order valence-electron chi connectivity index (χ1n) is 9.76. The Hall–Kier alpha value is -3.58. The van der Waals surface area contributed by atoms with Gasteiger partial charge in [-0.3, -0.25) is 0 Å². The maximum absolute atomic E-state index is 13.3. The van der Waals surface area contributed by atoms with Gasteiger partial charge in [-0.05, 0) is 43.2 Å². The predicted octanol–water partition coefficient (Wildman–Crippen LogP) is 4.03. The van der Waals surface area contributed by atoms with E-state index in [-0.39, 0.29) is 22.1 Å². The van der Waals surface area contributed by atoms with Crippen LogP contribution in [0.15, 0.2) is 83.8 Å². The fourth-order valence-electron chi connectivity index (χ4n) is 3.25. The Balaban J connectivity index is 1.88. The molecule has 1 heterocycles. The molecule has 4 aromatic rings. The molecule has 1 aromatic heterocycles. The molecule has 0 saturated heterocycles. The number of hydrogen-bond acceptors (Lipinski definition) is 5. The zero-order chi connectivity index (χ0) is 22.0. The van der Waals surface area contributed by atoms with E-state index in [9.17, 15) is 13.6 Å². The number of nitrogens with zero attached hydrogens (tertiary/aromatic N) is 3. The van der Waals surface area contributed by atoms with E-state index in [2.05, 4.69) is 10.2 Å². The zero-order valence-electron chi connectivity index (χ0n) is 17.2. The van der Waals surface area contributed by atoms with Gasteiger partial charge in [0.15, 0.2) is 21.2 Å². The van der Waals surface area contributed by atoms with E-state index >= 15 is 0 Å². The first-order valence-corrected chi connectivity index (χ1v) is 11.4. The average Bonchev–Trinajstić information content (AvgIpc) is 2.77. The first-order chi connectivity index (χ1) is 14.8. The van der Waals surface area contributed by atoms with E-state index in [4.69, 9.17) is 0 Å². The lowest BCUT2D eigenvalue weighted by atomic mass is 10.1. The number of rotatable bonds is 5. The lowest BCUT2D eigenvalue weighted by Crippen LogP contribution is -2.38. The largest absolute Gasteiger partial charge is 0.710 e. The molecule has 0 N–H and O–H groups in total. The van der Waals surface area contributed by atoms with Crippen molar-refractivity contribution in [2.45, 2.75) is 24.5 Å². The third-order valence-electron chi connectivity index (χ3n) is 5.02. The Bertz CT molecular complexity index is 1320. The number of aryl methyl sites for hydroxylation is 2. The van der Waals surface area contributed by atoms with E-state index in [0.717, 1.165) is 11.1 Å². The molecule has 0 radical (unpaired) electrons. The number of hydrogen-bond donors (Lipinski definition) is 0. The Morgan fingerprint density at radius 1 is 0.774 bits per heavy atom. The first kappa shape index (κ1) is 20.7. The Morgan fingerprint density at radius 3 is 1.97 bits per heavy atom. The summed E-state index contributed by atoms with van der Waals surface area (Å²) in [7, 11) is -3.78. The molecule has 0 aliphatic carbocycles. The third-order valence-corrected chi connectivity index (χ3v) is 6.66. The van der Waals surface area contributed by atoms with E-state index in [1.54, 1.807) is 48.5 Å². The van der Waals surface area contributed by atoms with E-state index in [1.165, 1.54) is 0 Å². The minimum atomic E-state index is -3.78. The van der Waals surface area contributed by atoms with Crippen LogP contribution in [0.5, 0.6) is 0 Å². The van der Waals surface area contributed by atoms with Crippen LogP contribution in [0.3, 0.4) is 0 Å². The summed E-state index contributed by atoms with van der Waals surface area (Å²) in [6, 6.07) is 22.8. The van der Waals surface area contributed by atoms with Crippen molar-refractivity contribution in [3.63, 3.8) is 0 Å². The van der Waals surface area contributed by atoms with Crippen LogP contribution in [0, 0.1) is 19.1 Å². The van der Waals surface area contributed by atoms with Gasteiger partial charge in [-0.25, -0.2) is 13.1 Å². The Kier molecular flexibility index (Phi) is 5.52. The smallest absolute Gasteiger partial charge is 0.361 e. The number of benzene rings is 3. The summed E-state index contributed by atoms with van der Waals surface area (Å²) in [6.45, 7) is 3.83. The standard InChI is InChI=1S/C24H21N3O3S/c1-17-8-12-19(13-9-17)23-22(16-31(29,30)21-14-10-18(2)11-15-21)27(28)24(26-25-23)20-6-4-3-5-7-20/h3-15H,16H2,1-2H3. The number of aromatic nitrogens is 3. The molecule has 0 amide bonds. The van der Waals surface area contributed by atoms with Gasteiger partial charge in [0.2, 0.25) is 0 Å². The molecular weight excluding hydrogens is 410 g/mol. The van der Waals surface area contributed by atoms with Crippen molar-refractivity contribution >= 4 is 9.84 Å². The van der Waals surface area contributed by atoms with Gasteiger partial charge in [0.1, 0.15) is 5.75 Å². The lowest BCUT2D eigenvalue weighted by Gasteiger charge is -2.15. The molecule has 156 valence electrons. The number of sulfone groups is 1. The molecule has 0 aliphatic rings. The highest BCUT2D eigenvalue weighted by molar-refractivity contribution is 7.90. The molecule has 0 fully saturated rings. The van der Waals surface area contributed by atoms with Crippen molar-refractivity contribution in [1.29, 1.82) is 0 Å². The van der Waals surface area contributed by atoms with Gasteiger partial charge in [-0.1, -0.05) is 65.7 Å². The molecule has 0 bridgehead atoms. The fourth-order valence-corrected chi connectivity index (χ4v) is 4.58. The van der Waals surface area contributed by atoms with Crippen molar-refractivity contribution in [3.05, 3.63) is 101 Å². The molecule has 3 aromatic carbocycles. The van der Waals surface area contributed by atoms with Gasteiger partial charge in [0.05, 0.1) is 15.6 Å². The fraction of sp³-hybridized carbons (Fsp3) is 0.125. The van der Waals surface area contributed by atoms with Crippen molar-refractivity contribution in [1.82, 2.24) is 10.2 Å². The summed E-state index contributed by atoms with van der Waals surface area (Å²) in [5.41, 5.74) is 3.49. The second-order valence-electron chi connectivity index (χ2n) is 7.42. The Labute approximate surface area is 181 Å². The quantitative estimate of drug-likeness (QED) is 0.352. The molecule has 6 nitrogen and oxygen atoms in total. The minimum Gasteiger partial charge on any atom is -0.710 e. The van der Waals surface area contributed by atoms with Gasteiger partial charge < -0.3 is 5.21 Å². The molecule has 0 atom stereocenters. The molecule has 0 saturated carbocycles. The van der Waals surface area contributed by atoms with E-state index < -0.39 is 15.6 Å². The van der Waals surface area contributed by atoms with Crippen LogP contribution in [-0.2, 0) is 15.6 Å². The molecular formula is C24H21N3O3S. The van der Waals surface area contributed by atoms with Gasteiger partial charge in [0, 0.05) is 5.56 Å². The average molecular weight is 432 g/mol. The molecule has 0 spiro atoms. The highest BCUT2D eigenvalue weighted by Gasteiger charge is 2.27. The van der Waals surface area contributed by atoms with Crippen LogP contribution in [0.1, 0.15) is 16.8 Å². The highest BCUT2D eigenvalue weighted by atomic mass is 32.2. The van der Waals surface area contributed by atoms with Crippen LogP contribution in [0.4, 0.5) is 0 Å². The minimum absolute atomic E-state index is 0.0401. The normalized spacial score (nSPS) is 11.4. The van der Waals surface area contributed by atoms with Crippen molar-refractivity contribution < 1.29 is 13.1 Å². The molecule has 7 heteroatoms. The van der Waals surface area contributed by atoms with Crippen LogP contribution < -0.4 is 4.73 Å². The molecule has 0 aliphatic heterocycles. The maximum Gasteiger partial charge on any atom is 0.361 e. The summed E-state index contributed by atoms with van der Waals surface area (Å²) >= 11 is 0. The second-order valence-corrected chi connectivity index (χ2v) is 9.41. The summed E-state index contributed by atoms with van der Waals surface area (Å²) in [5.74, 6) is -0.427. The highest BCUT2D eigenvalue weighted by Crippen LogP contribution is 2.25. The summed E-state index contributed by atoms with van der Waals surface area (Å²) in [5, 5.41) is 21.7. The van der Waals surface area contributed by atoms with Crippen LogP contribution in [-0.4, -0.2) is 18.6 Å². The maximum atomic E-state index is 13.3. The van der Waals surface area contributed by atoms with Gasteiger partial charge in [-0.15, -0.1) is 0 Å². The van der Waals surface area contributed by atoms with Crippen molar-refractivity contribution in [2.75, 3.05) is 0 Å². The topological polar surface area (TPSA) is 86.9 Å². The lowest BCUT2D eigenvalue weighted by molar-refractivity contribution is -0.604. The van der Waals surface area contributed by atoms with Crippen molar-refractivity contribution in [3.8, 4) is 22.6 Å². The summed E-state index contributed by atoms with van der Waals surface area (Å²) < 4.78 is 26.9. The predicted molar refractivity (Wildman–Crippen MR) is 119 cm³/mol. The monoisotopic (exact) mass is 431 g/mol. The van der Waals surface area contributed by atoms with Gasteiger partial charge in [-0.2, -0.15) is 0 Å². The summed E-state index contributed by atoms with van der Waals surface area (Å²) in [6.07, 6.45) is 0. The van der Waals surface area contributed by atoms with E-state index in [0.29, 0.717) is 15.9 Å². The summed E-state index contributed by atoms with van der Waals surface area (Å²) in [4.78, 5) is 0.158. The Morgan fingerprint density at radius 2 is 1.35 bits per heavy atom. The van der Waals surface area contributed by atoms with Crippen LogP contribution in [0.2, 0.25) is 0 Å². The molecule has 0 unspecified atom stereocenters. The van der Waals surface area contributed by atoms with Crippen LogP contribution in [0.25, 0.3) is 22.6 Å².